The first-order valence-electron chi connectivity index (χ1n) is 8.94. The van der Waals surface area contributed by atoms with Crippen molar-refractivity contribution in [1.29, 1.82) is 0 Å². The SMILES string of the molecule is O=C(OCc1ccccc1)N1CCCC[C@H]1C[C@@H](O)c1ccccc1. The molecule has 0 aliphatic carbocycles. The van der Waals surface area contributed by atoms with Gasteiger partial charge in [0.05, 0.1) is 6.10 Å². The summed E-state index contributed by atoms with van der Waals surface area (Å²) in [7, 11) is 0. The first kappa shape index (κ1) is 17.5. The van der Waals surface area contributed by atoms with Gasteiger partial charge in [0.15, 0.2) is 0 Å². The molecule has 1 fully saturated rings. The van der Waals surface area contributed by atoms with E-state index in [-0.39, 0.29) is 18.7 Å². The van der Waals surface area contributed by atoms with Crippen molar-refractivity contribution in [1.82, 2.24) is 4.90 Å². The van der Waals surface area contributed by atoms with Gasteiger partial charge in [-0.15, -0.1) is 0 Å². The molecular formula is C21H25NO3. The minimum atomic E-state index is -0.561. The molecule has 25 heavy (non-hydrogen) atoms. The Bertz CT molecular complexity index is 659. The summed E-state index contributed by atoms with van der Waals surface area (Å²) in [6.45, 7) is 0.976. The van der Waals surface area contributed by atoms with Crippen LogP contribution in [-0.4, -0.2) is 28.7 Å². The van der Waals surface area contributed by atoms with Crippen molar-refractivity contribution in [2.75, 3.05) is 6.54 Å². The normalized spacial score (nSPS) is 18.6. The van der Waals surface area contributed by atoms with E-state index in [1.54, 1.807) is 4.90 Å². The number of aliphatic hydroxyl groups excluding tert-OH is 1. The fourth-order valence-corrected chi connectivity index (χ4v) is 3.36. The molecule has 2 aromatic rings. The van der Waals surface area contributed by atoms with Crippen LogP contribution in [0.3, 0.4) is 0 Å². The van der Waals surface area contributed by atoms with E-state index in [0.717, 1.165) is 30.4 Å². The van der Waals surface area contributed by atoms with E-state index in [1.165, 1.54) is 0 Å². The summed E-state index contributed by atoms with van der Waals surface area (Å²) in [5.41, 5.74) is 1.87. The second-order valence-corrected chi connectivity index (χ2v) is 6.55. The average Bonchev–Trinajstić information content (AvgIpc) is 2.68. The van der Waals surface area contributed by atoms with Crippen LogP contribution in [0.2, 0.25) is 0 Å². The second-order valence-electron chi connectivity index (χ2n) is 6.55. The molecule has 1 heterocycles. The molecule has 1 saturated heterocycles. The minimum absolute atomic E-state index is 0.0206. The van der Waals surface area contributed by atoms with Crippen molar-refractivity contribution in [3.05, 3.63) is 71.8 Å². The summed E-state index contributed by atoms with van der Waals surface area (Å²) in [5.74, 6) is 0. The first-order valence-corrected chi connectivity index (χ1v) is 8.94. The van der Waals surface area contributed by atoms with E-state index in [1.807, 2.05) is 60.7 Å². The first-order chi connectivity index (χ1) is 12.2. The highest BCUT2D eigenvalue weighted by molar-refractivity contribution is 5.68. The number of likely N-dealkylation sites (tertiary alicyclic amines) is 1. The molecule has 0 radical (unpaired) electrons. The Labute approximate surface area is 149 Å². The summed E-state index contributed by atoms with van der Waals surface area (Å²) in [6.07, 6.45) is 2.67. The highest BCUT2D eigenvalue weighted by Gasteiger charge is 2.29. The van der Waals surface area contributed by atoms with Crippen LogP contribution < -0.4 is 0 Å². The monoisotopic (exact) mass is 339 g/mol. The Kier molecular flexibility index (Phi) is 6.07. The van der Waals surface area contributed by atoms with Crippen LogP contribution in [0.1, 0.15) is 42.9 Å². The number of ether oxygens (including phenoxy) is 1. The molecular weight excluding hydrogens is 314 g/mol. The zero-order chi connectivity index (χ0) is 17.5. The van der Waals surface area contributed by atoms with Gasteiger partial charge in [-0.1, -0.05) is 60.7 Å². The molecule has 0 unspecified atom stereocenters. The molecule has 2 aromatic carbocycles. The smallest absolute Gasteiger partial charge is 0.410 e. The molecule has 4 nitrogen and oxygen atoms in total. The largest absolute Gasteiger partial charge is 0.445 e. The van der Waals surface area contributed by atoms with Crippen molar-refractivity contribution in [3.8, 4) is 0 Å². The fraction of sp³-hybridized carbons (Fsp3) is 0.381. The Balaban J connectivity index is 1.59. The van der Waals surface area contributed by atoms with Crippen molar-refractivity contribution in [2.45, 2.75) is 44.4 Å². The summed E-state index contributed by atoms with van der Waals surface area (Å²) in [4.78, 5) is 14.3. The standard InChI is InChI=1S/C21H25NO3/c23-20(18-11-5-2-6-12-18)15-19-13-7-8-14-22(19)21(24)25-16-17-9-3-1-4-10-17/h1-6,9-12,19-20,23H,7-8,13-16H2/t19-,20+/m0/s1. The lowest BCUT2D eigenvalue weighted by atomic mass is 9.94. The van der Waals surface area contributed by atoms with E-state index in [2.05, 4.69) is 0 Å². The van der Waals surface area contributed by atoms with Crippen LogP contribution in [0.25, 0.3) is 0 Å². The van der Waals surface area contributed by atoms with E-state index >= 15 is 0 Å². The zero-order valence-corrected chi connectivity index (χ0v) is 14.4. The Morgan fingerprint density at radius 3 is 2.48 bits per heavy atom. The Morgan fingerprint density at radius 1 is 1.08 bits per heavy atom. The molecule has 0 aromatic heterocycles. The van der Waals surface area contributed by atoms with Gasteiger partial charge in [0.25, 0.3) is 0 Å². The van der Waals surface area contributed by atoms with Gasteiger partial charge in [0, 0.05) is 12.6 Å². The number of piperidine rings is 1. The molecule has 1 amide bonds. The number of hydrogen-bond donors (Lipinski definition) is 1. The lowest BCUT2D eigenvalue weighted by Gasteiger charge is -2.36. The van der Waals surface area contributed by atoms with Gasteiger partial charge < -0.3 is 14.7 Å². The van der Waals surface area contributed by atoms with Crippen molar-refractivity contribution >= 4 is 6.09 Å². The van der Waals surface area contributed by atoms with Gasteiger partial charge in [0.1, 0.15) is 6.61 Å². The van der Waals surface area contributed by atoms with Gasteiger partial charge in [-0.3, -0.25) is 0 Å². The molecule has 3 rings (SSSR count). The minimum Gasteiger partial charge on any atom is -0.445 e. The topological polar surface area (TPSA) is 49.8 Å². The second kappa shape index (κ2) is 8.67. The van der Waals surface area contributed by atoms with Crippen LogP contribution in [0.4, 0.5) is 4.79 Å². The molecule has 2 atom stereocenters. The average molecular weight is 339 g/mol. The zero-order valence-electron chi connectivity index (χ0n) is 14.4. The van der Waals surface area contributed by atoms with Gasteiger partial charge in [0.2, 0.25) is 0 Å². The van der Waals surface area contributed by atoms with Crippen LogP contribution in [-0.2, 0) is 11.3 Å². The summed E-state index contributed by atoms with van der Waals surface area (Å²) < 4.78 is 5.49. The molecule has 1 aliphatic heterocycles. The van der Waals surface area contributed by atoms with E-state index in [4.69, 9.17) is 4.74 Å². The number of hydrogen-bond acceptors (Lipinski definition) is 3. The third-order valence-corrected chi connectivity index (χ3v) is 4.75. The predicted molar refractivity (Wildman–Crippen MR) is 97.0 cm³/mol. The maximum Gasteiger partial charge on any atom is 0.410 e. The molecule has 132 valence electrons. The number of amides is 1. The molecule has 0 bridgehead atoms. The number of rotatable bonds is 5. The molecule has 1 aliphatic rings. The molecule has 4 heteroatoms. The third-order valence-electron chi connectivity index (χ3n) is 4.75. The highest BCUT2D eigenvalue weighted by atomic mass is 16.6. The van der Waals surface area contributed by atoms with Gasteiger partial charge in [-0.25, -0.2) is 4.79 Å². The number of carbonyl (C=O) groups excluding carboxylic acids is 1. The van der Waals surface area contributed by atoms with Crippen LogP contribution >= 0.6 is 0 Å². The lowest BCUT2D eigenvalue weighted by molar-refractivity contribution is 0.0481. The lowest BCUT2D eigenvalue weighted by Crippen LogP contribution is -2.44. The highest BCUT2D eigenvalue weighted by Crippen LogP contribution is 2.27. The van der Waals surface area contributed by atoms with Crippen molar-refractivity contribution in [3.63, 3.8) is 0 Å². The number of aliphatic hydroxyl groups is 1. The molecule has 0 spiro atoms. The van der Waals surface area contributed by atoms with E-state index < -0.39 is 6.10 Å². The molecule has 1 N–H and O–H groups in total. The van der Waals surface area contributed by atoms with Crippen molar-refractivity contribution in [2.24, 2.45) is 0 Å². The summed E-state index contributed by atoms with van der Waals surface area (Å²) in [5, 5.41) is 10.5. The number of nitrogens with zero attached hydrogens (tertiary/aromatic N) is 1. The third kappa shape index (κ3) is 4.83. The van der Waals surface area contributed by atoms with Crippen LogP contribution in [0, 0.1) is 0 Å². The van der Waals surface area contributed by atoms with Gasteiger partial charge in [-0.2, -0.15) is 0 Å². The van der Waals surface area contributed by atoms with E-state index in [0.29, 0.717) is 13.0 Å². The van der Waals surface area contributed by atoms with Crippen molar-refractivity contribution < 1.29 is 14.6 Å². The fourth-order valence-electron chi connectivity index (χ4n) is 3.36. The molecule has 0 saturated carbocycles. The predicted octanol–water partition coefficient (Wildman–Crippen LogP) is 4.30. The van der Waals surface area contributed by atoms with E-state index in [9.17, 15) is 9.90 Å². The maximum atomic E-state index is 12.5. The maximum absolute atomic E-state index is 12.5. The number of benzene rings is 2. The number of carbonyl (C=O) groups is 1. The Hall–Kier alpha value is -2.33. The summed E-state index contributed by atoms with van der Waals surface area (Å²) in [6, 6.07) is 19.3. The van der Waals surface area contributed by atoms with Gasteiger partial charge >= 0.3 is 6.09 Å². The van der Waals surface area contributed by atoms with Crippen LogP contribution in [0.15, 0.2) is 60.7 Å². The Morgan fingerprint density at radius 2 is 1.76 bits per heavy atom. The quantitative estimate of drug-likeness (QED) is 0.883. The summed E-state index contributed by atoms with van der Waals surface area (Å²) >= 11 is 0. The van der Waals surface area contributed by atoms with Crippen LogP contribution in [0.5, 0.6) is 0 Å². The van der Waals surface area contributed by atoms with Gasteiger partial charge in [-0.05, 0) is 36.8 Å².